The predicted molar refractivity (Wildman–Crippen MR) is 91.5 cm³/mol. The zero-order chi connectivity index (χ0) is 17.6. The Morgan fingerprint density at radius 3 is 2.84 bits per heavy atom. The lowest BCUT2D eigenvalue weighted by atomic mass is 9.89. The van der Waals surface area contributed by atoms with Gasteiger partial charge in [0, 0.05) is 23.9 Å². The third kappa shape index (κ3) is 4.00. The molecule has 0 saturated heterocycles. The molecule has 1 N–H and O–H groups in total. The van der Waals surface area contributed by atoms with Gasteiger partial charge in [-0.2, -0.15) is 5.26 Å². The number of aromatic nitrogens is 1. The average Bonchev–Trinajstić information content (AvgIpc) is 3.02. The molecule has 0 spiro atoms. The molecule has 2 aromatic heterocycles. The second-order valence-electron chi connectivity index (χ2n) is 6.35. The number of nitriles is 1. The molecule has 1 fully saturated rings. The van der Waals surface area contributed by atoms with Crippen molar-refractivity contribution in [2.45, 2.75) is 38.7 Å². The van der Waals surface area contributed by atoms with E-state index in [0.29, 0.717) is 11.1 Å². The molecule has 6 heteroatoms. The first-order chi connectivity index (χ1) is 12.2. The van der Waals surface area contributed by atoms with Crippen molar-refractivity contribution in [3.63, 3.8) is 0 Å². The van der Waals surface area contributed by atoms with Crippen LogP contribution in [-0.2, 0) is 20.9 Å². The van der Waals surface area contributed by atoms with Crippen LogP contribution in [0.5, 0.6) is 0 Å². The first-order valence-electron chi connectivity index (χ1n) is 8.61. The lowest BCUT2D eigenvalue weighted by Gasteiger charge is -2.20. The summed E-state index contributed by atoms with van der Waals surface area (Å²) >= 11 is 0. The number of hydrogen-bond donors (Lipinski definition) is 1. The summed E-state index contributed by atoms with van der Waals surface area (Å²) in [7, 11) is 0. The van der Waals surface area contributed by atoms with Crippen LogP contribution < -0.4 is 5.32 Å². The van der Waals surface area contributed by atoms with Crippen LogP contribution in [0.25, 0.3) is 5.52 Å². The number of amides is 1. The van der Waals surface area contributed by atoms with E-state index in [1.165, 1.54) is 6.42 Å². The first-order valence-corrected chi connectivity index (χ1v) is 8.61. The minimum absolute atomic E-state index is 0.0166. The molecule has 130 valence electrons. The van der Waals surface area contributed by atoms with Gasteiger partial charge in [-0.15, -0.1) is 0 Å². The van der Waals surface area contributed by atoms with Gasteiger partial charge in [0.25, 0.3) is 0 Å². The standard InChI is InChI=1S/C19H21N3O3/c20-10-16-15(12-22-9-5-4-8-17(16)22)13-25-18(23)11-21-19(24)14-6-2-1-3-7-14/h4-5,8-9,12,14H,1-3,6-7,11,13H2,(H,21,24). The second-order valence-corrected chi connectivity index (χ2v) is 6.35. The van der Waals surface area contributed by atoms with Gasteiger partial charge < -0.3 is 14.5 Å². The highest BCUT2D eigenvalue weighted by Crippen LogP contribution is 2.23. The first kappa shape index (κ1) is 17.0. The van der Waals surface area contributed by atoms with Gasteiger partial charge in [0.15, 0.2) is 0 Å². The van der Waals surface area contributed by atoms with Gasteiger partial charge in [0.1, 0.15) is 19.2 Å². The Hall–Kier alpha value is -2.81. The molecule has 0 atom stereocenters. The van der Waals surface area contributed by atoms with Crippen LogP contribution in [0.3, 0.4) is 0 Å². The van der Waals surface area contributed by atoms with E-state index < -0.39 is 5.97 Å². The molecule has 2 aromatic rings. The minimum atomic E-state index is -0.497. The average molecular weight is 339 g/mol. The van der Waals surface area contributed by atoms with Gasteiger partial charge >= 0.3 is 5.97 Å². The monoisotopic (exact) mass is 339 g/mol. The molecule has 0 unspecified atom stereocenters. The maximum absolute atomic E-state index is 12.0. The van der Waals surface area contributed by atoms with Gasteiger partial charge in [0.05, 0.1) is 11.1 Å². The topological polar surface area (TPSA) is 83.6 Å². The summed E-state index contributed by atoms with van der Waals surface area (Å²) in [5.74, 6) is -0.546. The molecule has 1 aliphatic carbocycles. The Morgan fingerprint density at radius 2 is 2.08 bits per heavy atom. The van der Waals surface area contributed by atoms with E-state index in [2.05, 4.69) is 11.4 Å². The second kappa shape index (κ2) is 7.84. The summed E-state index contributed by atoms with van der Waals surface area (Å²) in [5, 5.41) is 12.0. The molecule has 0 aliphatic heterocycles. The number of hydrogen-bond acceptors (Lipinski definition) is 4. The van der Waals surface area contributed by atoms with Gasteiger partial charge in [-0.3, -0.25) is 9.59 Å². The van der Waals surface area contributed by atoms with Crippen LogP contribution in [0.1, 0.15) is 43.2 Å². The van der Waals surface area contributed by atoms with Crippen molar-refractivity contribution < 1.29 is 14.3 Å². The van der Waals surface area contributed by atoms with Crippen LogP contribution in [0.4, 0.5) is 0 Å². The number of nitrogens with zero attached hydrogens (tertiary/aromatic N) is 2. The molecule has 1 saturated carbocycles. The van der Waals surface area contributed by atoms with Crippen LogP contribution in [0.2, 0.25) is 0 Å². The lowest BCUT2D eigenvalue weighted by Crippen LogP contribution is -2.36. The number of esters is 1. The predicted octanol–water partition coefficient (Wildman–Crippen LogP) is 2.55. The van der Waals surface area contributed by atoms with E-state index in [9.17, 15) is 14.9 Å². The molecule has 0 radical (unpaired) electrons. The fourth-order valence-electron chi connectivity index (χ4n) is 3.29. The highest BCUT2D eigenvalue weighted by atomic mass is 16.5. The molecular formula is C19H21N3O3. The van der Waals surface area contributed by atoms with Crippen molar-refractivity contribution in [2.24, 2.45) is 5.92 Å². The largest absolute Gasteiger partial charge is 0.459 e. The molecule has 1 aliphatic rings. The molecular weight excluding hydrogens is 318 g/mol. The van der Waals surface area contributed by atoms with Crippen molar-refractivity contribution in [1.29, 1.82) is 5.26 Å². The zero-order valence-corrected chi connectivity index (χ0v) is 14.0. The Labute approximate surface area is 146 Å². The molecule has 25 heavy (non-hydrogen) atoms. The molecule has 3 rings (SSSR count). The van der Waals surface area contributed by atoms with Gasteiger partial charge in [0.2, 0.25) is 5.91 Å². The van der Waals surface area contributed by atoms with E-state index in [1.54, 1.807) is 6.20 Å². The minimum Gasteiger partial charge on any atom is -0.459 e. The third-order valence-electron chi connectivity index (χ3n) is 4.65. The highest BCUT2D eigenvalue weighted by Gasteiger charge is 2.21. The summed E-state index contributed by atoms with van der Waals surface area (Å²) in [6.45, 7) is -0.118. The van der Waals surface area contributed by atoms with E-state index in [-0.39, 0.29) is 25.0 Å². The van der Waals surface area contributed by atoms with E-state index >= 15 is 0 Å². The van der Waals surface area contributed by atoms with Gasteiger partial charge in [-0.1, -0.05) is 25.3 Å². The fraction of sp³-hybridized carbons (Fsp3) is 0.421. The maximum atomic E-state index is 12.0. The Balaban J connectivity index is 1.52. The van der Waals surface area contributed by atoms with Crippen LogP contribution in [0.15, 0.2) is 30.6 Å². The quantitative estimate of drug-likeness (QED) is 0.849. The maximum Gasteiger partial charge on any atom is 0.325 e. The number of ether oxygens (including phenoxy) is 1. The fourth-order valence-corrected chi connectivity index (χ4v) is 3.29. The van der Waals surface area contributed by atoms with E-state index in [0.717, 1.165) is 31.2 Å². The number of fused-ring (bicyclic) bond motifs is 1. The summed E-state index contributed by atoms with van der Waals surface area (Å²) < 4.78 is 7.05. The smallest absolute Gasteiger partial charge is 0.325 e. The third-order valence-corrected chi connectivity index (χ3v) is 4.65. The number of pyridine rings is 1. The molecule has 1 amide bonds. The van der Waals surface area contributed by atoms with Crippen molar-refractivity contribution in [3.05, 3.63) is 41.7 Å². The van der Waals surface area contributed by atoms with Crippen molar-refractivity contribution >= 4 is 17.4 Å². The summed E-state index contributed by atoms with van der Waals surface area (Å²) in [4.78, 5) is 23.9. The van der Waals surface area contributed by atoms with Crippen molar-refractivity contribution in [1.82, 2.24) is 9.72 Å². The highest BCUT2D eigenvalue weighted by molar-refractivity contribution is 5.83. The van der Waals surface area contributed by atoms with Gasteiger partial charge in [-0.05, 0) is 25.0 Å². The number of rotatable bonds is 5. The summed E-state index contributed by atoms with van der Waals surface area (Å²) in [6, 6.07) is 7.71. The van der Waals surface area contributed by atoms with Crippen molar-refractivity contribution in [2.75, 3.05) is 6.54 Å². The zero-order valence-electron chi connectivity index (χ0n) is 14.0. The van der Waals surface area contributed by atoms with Crippen LogP contribution in [-0.4, -0.2) is 22.8 Å². The van der Waals surface area contributed by atoms with Crippen LogP contribution in [0, 0.1) is 17.2 Å². The number of carbonyl (C=O) groups excluding carboxylic acids is 2. The van der Waals surface area contributed by atoms with E-state index in [4.69, 9.17) is 4.74 Å². The van der Waals surface area contributed by atoms with E-state index in [1.807, 2.05) is 28.8 Å². The lowest BCUT2D eigenvalue weighted by molar-refractivity contribution is -0.145. The summed E-state index contributed by atoms with van der Waals surface area (Å²) in [6.07, 6.45) is 8.73. The Morgan fingerprint density at radius 1 is 1.28 bits per heavy atom. The molecule has 6 nitrogen and oxygen atoms in total. The normalized spacial score (nSPS) is 14.8. The van der Waals surface area contributed by atoms with Gasteiger partial charge in [-0.25, -0.2) is 0 Å². The molecule has 0 aromatic carbocycles. The summed E-state index contributed by atoms with van der Waals surface area (Å²) in [5.41, 5.74) is 1.93. The Bertz CT molecular complexity index is 813. The molecule has 0 bridgehead atoms. The van der Waals surface area contributed by atoms with Crippen LogP contribution >= 0.6 is 0 Å². The SMILES string of the molecule is N#Cc1c(COC(=O)CNC(=O)C2CCCCC2)cn2ccccc12. The Kier molecular flexibility index (Phi) is 5.34. The molecule has 2 heterocycles. The van der Waals surface area contributed by atoms with Crippen molar-refractivity contribution in [3.8, 4) is 6.07 Å². The number of carbonyl (C=O) groups is 2. The number of nitrogens with one attached hydrogen (secondary N) is 1.